The molecular formula is C18H18O5. The van der Waals surface area contributed by atoms with Crippen LogP contribution in [0.25, 0.3) is 6.08 Å². The molecule has 0 spiro atoms. The van der Waals surface area contributed by atoms with Gasteiger partial charge in [-0.05, 0) is 37.3 Å². The largest absolute Gasteiger partial charge is 0.502 e. The standard InChI is InChI=1S/C18H18O5/c1-12(18(20)23-14-7-5-4-6-8-14)11-13-9-10-15(21-2)16(19)17(13)22-3/h4-11,19H,1-3H3. The van der Waals surface area contributed by atoms with Crippen LogP contribution in [0, 0.1) is 0 Å². The molecule has 0 heterocycles. The summed E-state index contributed by atoms with van der Waals surface area (Å²) in [4.78, 5) is 12.1. The Morgan fingerprint density at radius 2 is 1.74 bits per heavy atom. The number of carbonyl (C=O) groups is 1. The van der Waals surface area contributed by atoms with E-state index in [1.54, 1.807) is 49.4 Å². The maximum atomic E-state index is 12.1. The average molecular weight is 314 g/mol. The minimum atomic E-state index is -0.478. The lowest BCUT2D eigenvalue weighted by Crippen LogP contribution is -2.09. The van der Waals surface area contributed by atoms with E-state index < -0.39 is 5.97 Å². The normalized spacial score (nSPS) is 11.0. The molecule has 0 saturated heterocycles. The lowest BCUT2D eigenvalue weighted by atomic mass is 10.1. The molecule has 2 aromatic carbocycles. The van der Waals surface area contributed by atoms with Gasteiger partial charge in [0.2, 0.25) is 5.75 Å². The number of hydrogen-bond donors (Lipinski definition) is 1. The van der Waals surface area contributed by atoms with Gasteiger partial charge in [-0.15, -0.1) is 0 Å². The third-order valence-electron chi connectivity index (χ3n) is 3.20. The van der Waals surface area contributed by atoms with Crippen molar-refractivity contribution in [1.29, 1.82) is 0 Å². The van der Waals surface area contributed by atoms with Crippen LogP contribution in [0.2, 0.25) is 0 Å². The molecular weight excluding hydrogens is 296 g/mol. The van der Waals surface area contributed by atoms with Crippen LogP contribution in [0.3, 0.4) is 0 Å². The van der Waals surface area contributed by atoms with Crippen LogP contribution in [-0.2, 0) is 4.79 Å². The number of methoxy groups -OCH3 is 2. The molecule has 0 aliphatic heterocycles. The summed E-state index contributed by atoms with van der Waals surface area (Å²) in [5.74, 6) is 0.399. The van der Waals surface area contributed by atoms with Crippen LogP contribution in [0.1, 0.15) is 12.5 Å². The fraction of sp³-hybridized carbons (Fsp3) is 0.167. The second-order valence-electron chi connectivity index (χ2n) is 4.77. The Bertz CT molecular complexity index is 720. The Hall–Kier alpha value is -2.95. The summed E-state index contributed by atoms with van der Waals surface area (Å²) >= 11 is 0. The molecule has 5 heteroatoms. The third kappa shape index (κ3) is 3.83. The summed E-state index contributed by atoms with van der Waals surface area (Å²) in [5.41, 5.74) is 0.921. The number of rotatable bonds is 5. The van der Waals surface area contributed by atoms with E-state index >= 15 is 0 Å². The van der Waals surface area contributed by atoms with E-state index in [1.807, 2.05) is 6.07 Å². The zero-order valence-electron chi connectivity index (χ0n) is 13.2. The molecule has 1 N–H and O–H groups in total. The van der Waals surface area contributed by atoms with Crippen LogP contribution in [0.5, 0.6) is 23.0 Å². The fourth-order valence-electron chi connectivity index (χ4n) is 2.03. The smallest absolute Gasteiger partial charge is 0.339 e. The Labute approximate surface area is 134 Å². The highest BCUT2D eigenvalue weighted by atomic mass is 16.5. The Morgan fingerprint density at radius 3 is 2.35 bits per heavy atom. The van der Waals surface area contributed by atoms with Gasteiger partial charge in [-0.3, -0.25) is 0 Å². The molecule has 2 rings (SSSR count). The Morgan fingerprint density at radius 1 is 1.04 bits per heavy atom. The second-order valence-corrected chi connectivity index (χ2v) is 4.77. The summed E-state index contributed by atoms with van der Waals surface area (Å²) in [6, 6.07) is 12.1. The van der Waals surface area contributed by atoms with E-state index in [4.69, 9.17) is 14.2 Å². The number of hydrogen-bond acceptors (Lipinski definition) is 5. The molecule has 0 radical (unpaired) electrons. The van der Waals surface area contributed by atoms with Gasteiger partial charge in [-0.2, -0.15) is 0 Å². The van der Waals surface area contributed by atoms with Crippen molar-refractivity contribution in [3.63, 3.8) is 0 Å². The molecule has 0 amide bonds. The van der Waals surface area contributed by atoms with Crippen molar-refractivity contribution in [3.05, 3.63) is 53.6 Å². The van der Waals surface area contributed by atoms with Crippen LogP contribution in [0.4, 0.5) is 0 Å². The second kappa shape index (κ2) is 7.35. The molecule has 0 unspecified atom stereocenters. The zero-order valence-corrected chi connectivity index (χ0v) is 13.2. The first-order valence-electron chi connectivity index (χ1n) is 6.96. The van der Waals surface area contributed by atoms with Crippen LogP contribution in [-0.4, -0.2) is 25.3 Å². The number of aromatic hydroxyl groups is 1. The first kappa shape index (κ1) is 16.4. The van der Waals surface area contributed by atoms with Gasteiger partial charge in [-0.1, -0.05) is 18.2 Å². The minimum Gasteiger partial charge on any atom is -0.502 e. The van der Waals surface area contributed by atoms with Crippen LogP contribution in [0.15, 0.2) is 48.0 Å². The quantitative estimate of drug-likeness (QED) is 0.520. The number of esters is 1. The van der Waals surface area contributed by atoms with Crippen molar-refractivity contribution in [3.8, 4) is 23.0 Å². The minimum absolute atomic E-state index is 0.118. The van der Waals surface area contributed by atoms with Gasteiger partial charge in [-0.25, -0.2) is 4.79 Å². The number of para-hydroxylation sites is 1. The summed E-state index contributed by atoms with van der Waals surface area (Å²) in [6.45, 7) is 1.63. The lowest BCUT2D eigenvalue weighted by molar-refractivity contribution is -0.130. The molecule has 0 saturated carbocycles. The van der Waals surface area contributed by atoms with Crippen molar-refractivity contribution in [1.82, 2.24) is 0 Å². The van der Waals surface area contributed by atoms with Gasteiger partial charge >= 0.3 is 5.97 Å². The van der Waals surface area contributed by atoms with E-state index in [0.29, 0.717) is 22.6 Å². The number of ether oxygens (including phenoxy) is 3. The van der Waals surface area contributed by atoms with E-state index in [0.717, 1.165) is 0 Å². The van der Waals surface area contributed by atoms with Crippen LogP contribution < -0.4 is 14.2 Å². The highest BCUT2D eigenvalue weighted by Crippen LogP contribution is 2.39. The van der Waals surface area contributed by atoms with E-state index in [-0.39, 0.29) is 11.5 Å². The maximum Gasteiger partial charge on any atom is 0.339 e. The molecule has 0 aliphatic carbocycles. The number of phenols is 1. The average Bonchev–Trinajstić information content (AvgIpc) is 2.56. The van der Waals surface area contributed by atoms with Gasteiger partial charge in [0, 0.05) is 11.1 Å². The molecule has 0 bridgehead atoms. The highest BCUT2D eigenvalue weighted by molar-refractivity contribution is 5.95. The maximum absolute atomic E-state index is 12.1. The van der Waals surface area contributed by atoms with Crippen molar-refractivity contribution >= 4 is 12.0 Å². The lowest BCUT2D eigenvalue weighted by Gasteiger charge is -2.11. The monoisotopic (exact) mass is 314 g/mol. The topological polar surface area (TPSA) is 65.0 Å². The molecule has 0 aliphatic rings. The number of benzene rings is 2. The van der Waals surface area contributed by atoms with Crippen LogP contribution >= 0.6 is 0 Å². The van der Waals surface area contributed by atoms with Gasteiger partial charge in [0.1, 0.15) is 5.75 Å². The summed E-state index contributed by atoms with van der Waals surface area (Å²) in [7, 11) is 2.88. The van der Waals surface area contributed by atoms with E-state index in [9.17, 15) is 9.90 Å². The van der Waals surface area contributed by atoms with Crippen molar-refractivity contribution in [2.45, 2.75) is 6.92 Å². The van der Waals surface area contributed by atoms with Gasteiger partial charge < -0.3 is 19.3 Å². The summed E-state index contributed by atoms with van der Waals surface area (Å²) in [6.07, 6.45) is 1.59. The Balaban J connectivity index is 2.27. The van der Waals surface area contributed by atoms with Crippen molar-refractivity contribution in [2.75, 3.05) is 14.2 Å². The van der Waals surface area contributed by atoms with Gasteiger partial charge in [0.15, 0.2) is 11.5 Å². The van der Waals surface area contributed by atoms with Gasteiger partial charge in [0.05, 0.1) is 14.2 Å². The van der Waals surface area contributed by atoms with Crippen molar-refractivity contribution in [2.24, 2.45) is 0 Å². The summed E-state index contributed by atoms with van der Waals surface area (Å²) in [5, 5.41) is 10.1. The molecule has 2 aromatic rings. The molecule has 120 valence electrons. The molecule has 0 aromatic heterocycles. The zero-order chi connectivity index (χ0) is 16.8. The third-order valence-corrected chi connectivity index (χ3v) is 3.20. The molecule has 23 heavy (non-hydrogen) atoms. The first-order valence-corrected chi connectivity index (χ1v) is 6.96. The Kier molecular flexibility index (Phi) is 5.25. The SMILES string of the molecule is COc1ccc(C=C(C)C(=O)Oc2ccccc2)c(OC)c1O. The predicted octanol–water partition coefficient (Wildman–Crippen LogP) is 3.42. The molecule has 0 fully saturated rings. The molecule has 0 atom stereocenters. The van der Waals surface area contributed by atoms with Gasteiger partial charge in [0.25, 0.3) is 0 Å². The first-order chi connectivity index (χ1) is 11.1. The van der Waals surface area contributed by atoms with E-state index in [2.05, 4.69) is 0 Å². The summed E-state index contributed by atoms with van der Waals surface area (Å²) < 4.78 is 15.5. The number of phenolic OH excluding ortho intramolecular Hbond substituents is 1. The predicted molar refractivity (Wildman–Crippen MR) is 86.9 cm³/mol. The highest BCUT2D eigenvalue weighted by Gasteiger charge is 2.14. The van der Waals surface area contributed by atoms with E-state index in [1.165, 1.54) is 14.2 Å². The number of carbonyl (C=O) groups excluding carboxylic acids is 1. The fourth-order valence-corrected chi connectivity index (χ4v) is 2.03. The molecule has 5 nitrogen and oxygen atoms in total. The van der Waals surface area contributed by atoms with Crippen molar-refractivity contribution < 1.29 is 24.1 Å².